The van der Waals surface area contributed by atoms with Gasteiger partial charge in [-0.15, -0.1) is 0 Å². The zero-order valence-electron chi connectivity index (χ0n) is 10.9. The van der Waals surface area contributed by atoms with Crippen LogP contribution in [0.5, 0.6) is 0 Å². The molecule has 1 fully saturated rings. The standard InChI is InChI=1S/C13H23NO3/c1-3-14(11-7-5-6-8-11)10-12(15)9-13(16)17-4-2/h11H,3-10H2,1-2H3. The van der Waals surface area contributed by atoms with E-state index < -0.39 is 5.97 Å². The van der Waals surface area contributed by atoms with Crippen molar-refractivity contribution in [3.63, 3.8) is 0 Å². The summed E-state index contributed by atoms with van der Waals surface area (Å²) in [5.41, 5.74) is 0. The van der Waals surface area contributed by atoms with Crippen molar-refractivity contribution in [3.05, 3.63) is 0 Å². The van der Waals surface area contributed by atoms with Gasteiger partial charge in [-0.2, -0.15) is 0 Å². The Balaban J connectivity index is 2.34. The van der Waals surface area contributed by atoms with Crippen molar-refractivity contribution in [3.8, 4) is 0 Å². The van der Waals surface area contributed by atoms with Crippen molar-refractivity contribution < 1.29 is 14.3 Å². The molecule has 0 radical (unpaired) electrons. The second-order valence-corrected chi connectivity index (χ2v) is 4.52. The van der Waals surface area contributed by atoms with E-state index in [1.807, 2.05) is 0 Å². The fourth-order valence-corrected chi connectivity index (χ4v) is 2.42. The van der Waals surface area contributed by atoms with Gasteiger partial charge in [0.25, 0.3) is 0 Å². The fourth-order valence-electron chi connectivity index (χ4n) is 2.42. The Morgan fingerprint density at radius 2 is 1.88 bits per heavy atom. The number of likely N-dealkylation sites (N-methyl/N-ethyl adjacent to an activating group) is 1. The molecule has 0 spiro atoms. The van der Waals surface area contributed by atoms with Crippen molar-refractivity contribution in [1.29, 1.82) is 0 Å². The summed E-state index contributed by atoms with van der Waals surface area (Å²) in [6.45, 7) is 5.42. The third-order valence-corrected chi connectivity index (χ3v) is 3.27. The number of nitrogens with zero attached hydrogens (tertiary/aromatic N) is 1. The first-order valence-corrected chi connectivity index (χ1v) is 6.58. The minimum Gasteiger partial charge on any atom is -0.466 e. The number of esters is 1. The van der Waals surface area contributed by atoms with Gasteiger partial charge in [0.1, 0.15) is 6.42 Å². The molecule has 17 heavy (non-hydrogen) atoms. The van der Waals surface area contributed by atoms with Crippen LogP contribution in [0, 0.1) is 0 Å². The number of Topliss-reactive ketones (excluding diaryl/α,β-unsaturated/α-hetero) is 1. The fraction of sp³-hybridized carbons (Fsp3) is 0.846. The normalized spacial score (nSPS) is 16.4. The highest BCUT2D eigenvalue weighted by Gasteiger charge is 2.23. The Hall–Kier alpha value is -0.900. The van der Waals surface area contributed by atoms with E-state index in [2.05, 4.69) is 11.8 Å². The highest BCUT2D eigenvalue weighted by Crippen LogP contribution is 2.23. The van der Waals surface area contributed by atoms with Gasteiger partial charge in [-0.05, 0) is 26.3 Å². The highest BCUT2D eigenvalue weighted by molar-refractivity contribution is 5.96. The monoisotopic (exact) mass is 241 g/mol. The maximum atomic E-state index is 11.7. The molecule has 0 unspecified atom stereocenters. The van der Waals surface area contributed by atoms with Crippen LogP contribution >= 0.6 is 0 Å². The zero-order chi connectivity index (χ0) is 12.7. The van der Waals surface area contributed by atoms with Crippen LogP contribution < -0.4 is 0 Å². The third-order valence-electron chi connectivity index (χ3n) is 3.27. The van der Waals surface area contributed by atoms with Crippen LogP contribution in [-0.2, 0) is 14.3 Å². The van der Waals surface area contributed by atoms with Crippen molar-refractivity contribution in [2.24, 2.45) is 0 Å². The largest absolute Gasteiger partial charge is 0.466 e. The molecule has 1 saturated carbocycles. The Morgan fingerprint density at radius 1 is 1.24 bits per heavy atom. The van der Waals surface area contributed by atoms with Crippen LogP contribution in [0.25, 0.3) is 0 Å². The van der Waals surface area contributed by atoms with E-state index >= 15 is 0 Å². The first-order chi connectivity index (χ1) is 8.17. The molecular weight excluding hydrogens is 218 g/mol. The van der Waals surface area contributed by atoms with Crippen molar-refractivity contribution in [2.45, 2.75) is 52.0 Å². The van der Waals surface area contributed by atoms with Gasteiger partial charge in [0.2, 0.25) is 0 Å². The summed E-state index contributed by atoms with van der Waals surface area (Å²) >= 11 is 0. The molecule has 1 aliphatic rings. The maximum absolute atomic E-state index is 11.7. The second-order valence-electron chi connectivity index (χ2n) is 4.52. The lowest BCUT2D eigenvalue weighted by Gasteiger charge is -2.26. The topological polar surface area (TPSA) is 46.6 Å². The molecule has 0 N–H and O–H groups in total. The molecular formula is C13H23NO3. The van der Waals surface area contributed by atoms with Gasteiger partial charge in [-0.25, -0.2) is 0 Å². The van der Waals surface area contributed by atoms with Gasteiger partial charge < -0.3 is 4.74 Å². The average Bonchev–Trinajstić information content (AvgIpc) is 2.79. The number of carbonyl (C=O) groups excluding carboxylic acids is 2. The molecule has 4 heteroatoms. The molecule has 0 aromatic carbocycles. The highest BCUT2D eigenvalue weighted by atomic mass is 16.5. The lowest BCUT2D eigenvalue weighted by molar-refractivity contribution is -0.145. The Labute approximate surface area is 103 Å². The summed E-state index contributed by atoms with van der Waals surface area (Å²) < 4.78 is 4.77. The van der Waals surface area contributed by atoms with Crippen LogP contribution in [0.4, 0.5) is 0 Å². The zero-order valence-corrected chi connectivity index (χ0v) is 10.9. The summed E-state index contributed by atoms with van der Waals surface area (Å²) in [6.07, 6.45) is 4.79. The Kier molecular flexibility index (Phi) is 6.19. The number of ether oxygens (including phenoxy) is 1. The molecule has 98 valence electrons. The van der Waals surface area contributed by atoms with Gasteiger partial charge >= 0.3 is 5.97 Å². The van der Waals surface area contributed by atoms with Gasteiger partial charge in [0.15, 0.2) is 5.78 Å². The average molecular weight is 241 g/mol. The summed E-state index contributed by atoms with van der Waals surface area (Å²) in [5.74, 6) is -0.433. The van der Waals surface area contributed by atoms with E-state index in [4.69, 9.17) is 4.74 Å². The number of ketones is 1. The van der Waals surface area contributed by atoms with E-state index in [1.165, 1.54) is 25.7 Å². The molecule has 0 heterocycles. The second kappa shape index (κ2) is 7.43. The van der Waals surface area contributed by atoms with Crippen LogP contribution in [0.15, 0.2) is 0 Å². The number of rotatable bonds is 7. The van der Waals surface area contributed by atoms with E-state index in [0.29, 0.717) is 19.2 Å². The minimum absolute atomic E-state index is 0.0304. The summed E-state index contributed by atoms with van der Waals surface area (Å²) in [4.78, 5) is 25.1. The van der Waals surface area contributed by atoms with Crippen LogP contribution in [0.3, 0.4) is 0 Å². The Morgan fingerprint density at radius 3 is 2.41 bits per heavy atom. The summed E-state index contributed by atoms with van der Waals surface area (Å²) in [6, 6.07) is 0.533. The lowest BCUT2D eigenvalue weighted by Crippen LogP contribution is -2.38. The van der Waals surface area contributed by atoms with E-state index in [0.717, 1.165) is 6.54 Å². The van der Waals surface area contributed by atoms with Crippen LogP contribution in [0.1, 0.15) is 46.0 Å². The molecule has 0 aromatic rings. The molecule has 0 aliphatic heterocycles. The lowest BCUT2D eigenvalue weighted by atomic mass is 10.2. The maximum Gasteiger partial charge on any atom is 0.313 e. The number of hydrogen-bond acceptors (Lipinski definition) is 4. The van der Waals surface area contributed by atoms with Crippen molar-refractivity contribution in [2.75, 3.05) is 19.7 Å². The number of carbonyl (C=O) groups is 2. The van der Waals surface area contributed by atoms with Gasteiger partial charge in [-0.1, -0.05) is 19.8 Å². The predicted molar refractivity (Wildman–Crippen MR) is 65.8 cm³/mol. The minimum atomic E-state index is -0.403. The molecule has 0 amide bonds. The molecule has 1 aliphatic carbocycles. The van der Waals surface area contributed by atoms with Gasteiger partial charge in [0, 0.05) is 6.04 Å². The smallest absolute Gasteiger partial charge is 0.313 e. The molecule has 1 rings (SSSR count). The number of hydrogen-bond donors (Lipinski definition) is 0. The summed E-state index contributed by atoms with van der Waals surface area (Å²) in [7, 11) is 0. The molecule has 4 nitrogen and oxygen atoms in total. The van der Waals surface area contributed by atoms with Crippen molar-refractivity contribution >= 4 is 11.8 Å². The van der Waals surface area contributed by atoms with Gasteiger partial charge in [0.05, 0.1) is 13.2 Å². The van der Waals surface area contributed by atoms with Crippen molar-refractivity contribution in [1.82, 2.24) is 4.90 Å². The Bertz CT molecular complexity index is 259. The van der Waals surface area contributed by atoms with E-state index in [1.54, 1.807) is 6.92 Å². The first-order valence-electron chi connectivity index (χ1n) is 6.58. The molecule has 0 bridgehead atoms. The molecule has 0 aromatic heterocycles. The molecule has 0 atom stereocenters. The predicted octanol–water partition coefficient (Wildman–Crippen LogP) is 1.77. The van der Waals surface area contributed by atoms with Crippen LogP contribution in [0.2, 0.25) is 0 Å². The molecule has 0 saturated heterocycles. The third kappa shape index (κ3) is 4.86. The van der Waals surface area contributed by atoms with E-state index in [9.17, 15) is 9.59 Å². The van der Waals surface area contributed by atoms with Gasteiger partial charge in [-0.3, -0.25) is 14.5 Å². The summed E-state index contributed by atoms with van der Waals surface area (Å²) in [5, 5.41) is 0. The van der Waals surface area contributed by atoms with Crippen LogP contribution in [-0.4, -0.2) is 42.4 Å². The first kappa shape index (κ1) is 14.2. The quantitative estimate of drug-likeness (QED) is 0.503. The SMILES string of the molecule is CCOC(=O)CC(=O)CN(CC)C1CCCC1. The van der Waals surface area contributed by atoms with E-state index in [-0.39, 0.29) is 12.2 Å².